The number of ether oxygens (including phenoxy) is 4. The standard InChI is InChI=1S/C38H40O4/c1-5-8-13-29-27-31(19-21-37(29)42-25-23-40-7-3)38(30-18-20-36(28(4)26-30)41-24-22-39-6-2)34-16-11-9-14-32(34)33-15-10-12-17-35(33)38/h6-7,9-12,14-21,26-27H,2-3,5,8,13,22-25H2,1,4H3. The average molecular weight is 561 g/mol. The van der Waals surface area contributed by atoms with Gasteiger partial charge in [0.15, 0.2) is 0 Å². The molecule has 0 saturated heterocycles. The van der Waals surface area contributed by atoms with Gasteiger partial charge in [-0.3, -0.25) is 0 Å². The third-order valence-corrected chi connectivity index (χ3v) is 8.01. The maximum Gasteiger partial charge on any atom is 0.122 e. The van der Waals surface area contributed by atoms with Gasteiger partial charge in [-0.1, -0.05) is 99.3 Å². The molecular formula is C38H40O4. The second kappa shape index (κ2) is 13.5. The molecule has 1 aliphatic carbocycles. The van der Waals surface area contributed by atoms with Gasteiger partial charge in [-0.15, -0.1) is 0 Å². The van der Waals surface area contributed by atoms with Crippen molar-refractivity contribution in [3.05, 3.63) is 144 Å². The maximum atomic E-state index is 6.22. The Morgan fingerprint density at radius 2 is 1.21 bits per heavy atom. The zero-order valence-corrected chi connectivity index (χ0v) is 24.7. The van der Waals surface area contributed by atoms with Gasteiger partial charge in [0, 0.05) is 0 Å². The van der Waals surface area contributed by atoms with Crippen molar-refractivity contribution in [2.24, 2.45) is 0 Å². The summed E-state index contributed by atoms with van der Waals surface area (Å²) in [4.78, 5) is 0. The number of hydrogen-bond donors (Lipinski definition) is 0. The van der Waals surface area contributed by atoms with Crippen molar-refractivity contribution in [1.29, 1.82) is 0 Å². The molecule has 4 heteroatoms. The zero-order valence-electron chi connectivity index (χ0n) is 24.7. The topological polar surface area (TPSA) is 36.9 Å². The highest BCUT2D eigenvalue weighted by atomic mass is 16.5. The lowest BCUT2D eigenvalue weighted by molar-refractivity contribution is 0.179. The molecular weight excluding hydrogens is 520 g/mol. The molecule has 0 bridgehead atoms. The lowest BCUT2D eigenvalue weighted by atomic mass is 9.67. The van der Waals surface area contributed by atoms with Crippen LogP contribution in [0.4, 0.5) is 0 Å². The molecule has 0 spiro atoms. The fourth-order valence-electron chi connectivity index (χ4n) is 6.15. The summed E-state index contributed by atoms with van der Waals surface area (Å²) in [5.41, 5.74) is 9.35. The molecule has 0 radical (unpaired) electrons. The summed E-state index contributed by atoms with van der Waals surface area (Å²) in [6.07, 6.45) is 6.04. The fraction of sp³-hybridized carbons (Fsp3) is 0.263. The first-order valence-corrected chi connectivity index (χ1v) is 14.8. The van der Waals surface area contributed by atoms with Gasteiger partial charge in [-0.25, -0.2) is 0 Å². The number of rotatable bonds is 15. The van der Waals surface area contributed by atoms with E-state index in [4.69, 9.17) is 18.9 Å². The fourth-order valence-corrected chi connectivity index (χ4v) is 6.15. The monoisotopic (exact) mass is 560 g/mol. The molecule has 216 valence electrons. The van der Waals surface area contributed by atoms with E-state index in [0.29, 0.717) is 26.4 Å². The summed E-state index contributed by atoms with van der Waals surface area (Å²) in [7, 11) is 0. The molecule has 0 saturated carbocycles. The molecule has 0 aromatic heterocycles. The Balaban J connectivity index is 1.68. The molecule has 4 nitrogen and oxygen atoms in total. The summed E-state index contributed by atoms with van der Waals surface area (Å²) >= 11 is 0. The minimum Gasteiger partial charge on any atom is -0.498 e. The van der Waals surface area contributed by atoms with Gasteiger partial charge in [-0.05, 0) is 76.4 Å². The number of aryl methyl sites for hydroxylation is 2. The van der Waals surface area contributed by atoms with Crippen LogP contribution in [0.5, 0.6) is 11.5 Å². The van der Waals surface area contributed by atoms with Crippen molar-refractivity contribution in [3.8, 4) is 22.6 Å². The van der Waals surface area contributed by atoms with E-state index >= 15 is 0 Å². The summed E-state index contributed by atoms with van der Waals surface area (Å²) < 4.78 is 22.8. The van der Waals surface area contributed by atoms with Gasteiger partial charge in [0.05, 0.1) is 17.9 Å². The lowest BCUT2D eigenvalue weighted by Crippen LogP contribution is -2.29. The van der Waals surface area contributed by atoms with E-state index in [1.807, 2.05) is 0 Å². The van der Waals surface area contributed by atoms with Crippen LogP contribution in [-0.2, 0) is 21.3 Å². The maximum absolute atomic E-state index is 6.22. The molecule has 4 aromatic rings. The normalized spacial score (nSPS) is 12.6. The van der Waals surface area contributed by atoms with E-state index in [2.05, 4.69) is 112 Å². The highest BCUT2D eigenvalue weighted by Gasteiger charge is 2.46. The molecule has 1 aliphatic rings. The quantitative estimate of drug-likeness (QED) is 0.0947. The predicted molar refractivity (Wildman–Crippen MR) is 170 cm³/mol. The van der Waals surface area contributed by atoms with E-state index in [1.54, 1.807) is 0 Å². The Hall–Kier alpha value is -4.44. The van der Waals surface area contributed by atoms with E-state index in [9.17, 15) is 0 Å². The van der Waals surface area contributed by atoms with Gasteiger partial charge < -0.3 is 18.9 Å². The van der Waals surface area contributed by atoms with E-state index in [1.165, 1.54) is 51.5 Å². The number of fused-ring (bicyclic) bond motifs is 3. The van der Waals surface area contributed by atoms with Crippen molar-refractivity contribution >= 4 is 0 Å². The van der Waals surface area contributed by atoms with Crippen molar-refractivity contribution in [3.63, 3.8) is 0 Å². The molecule has 0 heterocycles. The van der Waals surface area contributed by atoms with Crippen LogP contribution in [0.3, 0.4) is 0 Å². The number of unbranched alkanes of at least 4 members (excludes halogenated alkanes) is 1. The van der Waals surface area contributed by atoms with Crippen LogP contribution in [0.2, 0.25) is 0 Å². The van der Waals surface area contributed by atoms with Crippen molar-refractivity contribution < 1.29 is 18.9 Å². The van der Waals surface area contributed by atoms with E-state index in [0.717, 1.165) is 36.3 Å². The Labute approximate surface area is 250 Å². The Morgan fingerprint density at radius 1 is 0.667 bits per heavy atom. The Morgan fingerprint density at radius 3 is 1.79 bits per heavy atom. The number of hydrogen-bond acceptors (Lipinski definition) is 4. The van der Waals surface area contributed by atoms with Gasteiger partial charge in [0.1, 0.15) is 37.9 Å². The highest BCUT2D eigenvalue weighted by Crippen LogP contribution is 2.56. The molecule has 0 amide bonds. The van der Waals surface area contributed by atoms with Gasteiger partial charge >= 0.3 is 0 Å². The van der Waals surface area contributed by atoms with E-state index in [-0.39, 0.29) is 0 Å². The van der Waals surface area contributed by atoms with Crippen LogP contribution in [0.25, 0.3) is 11.1 Å². The minimum atomic E-state index is -0.492. The zero-order chi connectivity index (χ0) is 29.4. The van der Waals surface area contributed by atoms with Crippen molar-refractivity contribution in [2.75, 3.05) is 26.4 Å². The lowest BCUT2D eigenvalue weighted by Gasteiger charge is -2.35. The van der Waals surface area contributed by atoms with Crippen LogP contribution < -0.4 is 9.47 Å². The van der Waals surface area contributed by atoms with Crippen LogP contribution in [-0.4, -0.2) is 26.4 Å². The molecule has 0 fully saturated rings. The van der Waals surface area contributed by atoms with Crippen LogP contribution in [0, 0.1) is 6.92 Å². The summed E-state index contributed by atoms with van der Waals surface area (Å²) in [6.45, 7) is 13.4. The first kappa shape index (κ1) is 29.1. The van der Waals surface area contributed by atoms with E-state index < -0.39 is 5.41 Å². The van der Waals surface area contributed by atoms with Crippen LogP contribution in [0.15, 0.2) is 111 Å². The van der Waals surface area contributed by atoms with Crippen LogP contribution >= 0.6 is 0 Å². The summed E-state index contributed by atoms with van der Waals surface area (Å²) in [5.74, 6) is 1.77. The first-order valence-electron chi connectivity index (χ1n) is 14.8. The average Bonchev–Trinajstić information content (AvgIpc) is 3.32. The number of benzene rings is 4. The summed E-state index contributed by atoms with van der Waals surface area (Å²) in [5, 5.41) is 0. The predicted octanol–water partition coefficient (Wildman–Crippen LogP) is 8.78. The van der Waals surface area contributed by atoms with Gasteiger partial charge in [0.25, 0.3) is 0 Å². The van der Waals surface area contributed by atoms with Gasteiger partial charge in [0.2, 0.25) is 0 Å². The summed E-state index contributed by atoms with van der Waals surface area (Å²) in [6, 6.07) is 31.0. The molecule has 0 aliphatic heterocycles. The smallest absolute Gasteiger partial charge is 0.122 e. The van der Waals surface area contributed by atoms with Crippen LogP contribution in [0.1, 0.15) is 53.1 Å². The van der Waals surface area contributed by atoms with Gasteiger partial charge in [-0.2, -0.15) is 0 Å². The Kier molecular flexibility index (Phi) is 9.33. The second-order valence-corrected chi connectivity index (χ2v) is 10.5. The third-order valence-electron chi connectivity index (χ3n) is 8.01. The molecule has 0 atom stereocenters. The molecule has 0 N–H and O–H groups in total. The van der Waals surface area contributed by atoms with Crippen molar-refractivity contribution in [1.82, 2.24) is 0 Å². The third kappa shape index (κ3) is 5.54. The molecule has 5 rings (SSSR count). The minimum absolute atomic E-state index is 0.461. The SMILES string of the molecule is C=COCCOc1ccc(C2(c3ccc(OCCOC=C)c(CCCC)c3)c3ccccc3-c3ccccc32)cc1C. The second-order valence-electron chi connectivity index (χ2n) is 10.5. The van der Waals surface area contributed by atoms with Crippen molar-refractivity contribution in [2.45, 2.75) is 38.5 Å². The largest absolute Gasteiger partial charge is 0.498 e. The molecule has 4 aromatic carbocycles. The molecule has 42 heavy (non-hydrogen) atoms. The molecule has 0 unspecified atom stereocenters. The highest BCUT2D eigenvalue weighted by molar-refractivity contribution is 5.86. The Bertz CT molecular complexity index is 1490. The first-order chi connectivity index (χ1) is 20.6.